The summed E-state index contributed by atoms with van der Waals surface area (Å²) in [7, 11) is 0. The molecule has 0 saturated heterocycles. The van der Waals surface area contributed by atoms with E-state index in [2.05, 4.69) is 79.0 Å². The molecule has 4 aromatic carbocycles. The third kappa shape index (κ3) is 5.27. The van der Waals surface area contributed by atoms with Crippen molar-refractivity contribution in [3.8, 4) is 34.1 Å². The van der Waals surface area contributed by atoms with Gasteiger partial charge < -0.3 is 4.74 Å². The molecule has 0 saturated carbocycles. The van der Waals surface area contributed by atoms with E-state index in [0.29, 0.717) is 11.3 Å². The largest absolute Gasteiger partial charge is 0.457 e. The lowest BCUT2D eigenvalue weighted by Gasteiger charge is -2.20. The highest BCUT2D eigenvalue weighted by molar-refractivity contribution is 6.09. The quantitative estimate of drug-likeness (QED) is 0.192. The van der Waals surface area contributed by atoms with Gasteiger partial charge in [-0.1, -0.05) is 57.2 Å². The van der Waals surface area contributed by atoms with Crippen LogP contribution in [0.3, 0.4) is 0 Å². The number of fused-ring (bicyclic) bond motifs is 3. The number of alkyl halides is 1. The van der Waals surface area contributed by atoms with Crippen molar-refractivity contribution in [1.82, 2.24) is 19.3 Å². The van der Waals surface area contributed by atoms with Crippen LogP contribution in [0, 0.1) is 13.8 Å². The lowest BCUT2D eigenvalue weighted by atomic mass is 9.88. The zero-order valence-electron chi connectivity index (χ0n) is 26.2. The number of pyridine rings is 1. The molecule has 6 heteroatoms. The van der Waals surface area contributed by atoms with E-state index in [1.54, 1.807) is 0 Å². The molecule has 3 aromatic heterocycles. The number of rotatable bonds is 6. The Morgan fingerprint density at radius 2 is 1.53 bits per heavy atom. The van der Waals surface area contributed by atoms with Gasteiger partial charge in [0.05, 0.1) is 22.9 Å². The summed E-state index contributed by atoms with van der Waals surface area (Å²) >= 11 is 0. The van der Waals surface area contributed by atoms with E-state index in [9.17, 15) is 4.39 Å². The van der Waals surface area contributed by atoms with Crippen molar-refractivity contribution >= 4 is 21.8 Å². The molecule has 0 amide bonds. The summed E-state index contributed by atoms with van der Waals surface area (Å²) in [5.74, 6) is 2.32. The van der Waals surface area contributed by atoms with Crippen molar-refractivity contribution in [3.05, 3.63) is 132 Å². The van der Waals surface area contributed by atoms with Crippen LogP contribution in [0.5, 0.6) is 11.5 Å². The first kappa shape index (κ1) is 28.5. The van der Waals surface area contributed by atoms with Crippen molar-refractivity contribution in [2.75, 3.05) is 0 Å². The van der Waals surface area contributed by atoms with Crippen LogP contribution in [0.1, 0.15) is 43.0 Å². The van der Waals surface area contributed by atoms with Gasteiger partial charge in [-0.25, -0.2) is 14.1 Å². The second-order valence-corrected chi connectivity index (χ2v) is 12.7. The van der Waals surface area contributed by atoms with Gasteiger partial charge in [-0.05, 0) is 89.5 Å². The highest BCUT2D eigenvalue weighted by atomic mass is 19.1. The van der Waals surface area contributed by atoms with Crippen molar-refractivity contribution in [2.45, 2.75) is 46.7 Å². The molecular weight excluding hydrogens is 559 g/mol. The Hall–Kier alpha value is -5.23. The molecule has 7 rings (SSSR count). The average molecular weight is 595 g/mol. The lowest BCUT2D eigenvalue weighted by molar-refractivity contribution is 0.483. The Morgan fingerprint density at radius 1 is 0.778 bits per heavy atom. The Labute approximate surface area is 262 Å². The molecule has 0 fully saturated rings. The second-order valence-electron chi connectivity index (χ2n) is 12.7. The summed E-state index contributed by atoms with van der Waals surface area (Å²) in [5, 5.41) is 6.96. The molecule has 0 radical (unpaired) electrons. The number of aryl methyl sites for hydroxylation is 2. The zero-order chi connectivity index (χ0) is 31.3. The molecule has 0 aliphatic heterocycles. The predicted molar refractivity (Wildman–Crippen MR) is 181 cm³/mol. The van der Waals surface area contributed by atoms with Crippen LogP contribution in [0.4, 0.5) is 4.39 Å². The summed E-state index contributed by atoms with van der Waals surface area (Å²) < 4.78 is 23.8. The zero-order valence-corrected chi connectivity index (χ0v) is 26.2. The maximum Gasteiger partial charge on any atom is 0.137 e. The third-order valence-electron chi connectivity index (χ3n) is 8.42. The van der Waals surface area contributed by atoms with E-state index in [4.69, 9.17) is 9.72 Å². The van der Waals surface area contributed by atoms with Crippen LogP contribution < -0.4 is 4.74 Å². The fourth-order valence-corrected chi connectivity index (χ4v) is 6.27. The Morgan fingerprint density at radius 3 is 2.31 bits per heavy atom. The molecule has 0 aliphatic carbocycles. The fraction of sp³-hybridized carbons (Fsp3) is 0.179. The van der Waals surface area contributed by atoms with Crippen LogP contribution in [-0.2, 0) is 12.1 Å². The van der Waals surface area contributed by atoms with Gasteiger partial charge in [0, 0.05) is 40.9 Å². The van der Waals surface area contributed by atoms with Gasteiger partial charge in [0.2, 0.25) is 0 Å². The number of hydrogen-bond acceptors (Lipinski definition) is 3. The molecule has 224 valence electrons. The molecule has 0 unspecified atom stereocenters. The molecule has 0 aliphatic rings. The molecule has 45 heavy (non-hydrogen) atoms. The van der Waals surface area contributed by atoms with Gasteiger partial charge in [-0.2, -0.15) is 5.10 Å². The summed E-state index contributed by atoms with van der Waals surface area (Å²) in [5.41, 5.74) is 9.08. The molecule has 7 aromatic rings. The summed E-state index contributed by atoms with van der Waals surface area (Å²) in [4.78, 5) is 4.79. The number of halogens is 1. The van der Waals surface area contributed by atoms with Crippen LogP contribution >= 0.6 is 0 Å². The first-order valence-electron chi connectivity index (χ1n) is 15.2. The highest BCUT2D eigenvalue weighted by Gasteiger charge is 2.18. The fourth-order valence-electron chi connectivity index (χ4n) is 6.27. The maximum absolute atomic E-state index is 13.3. The second kappa shape index (κ2) is 11.0. The van der Waals surface area contributed by atoms with Gasteiger partial charge in [-0.3, -0.25) is 4.57 Å². The first-order chi connectivity index (χ1) is 21.7. The SMILES string of the molecule is Cc1cc(CF)cc(C)c1-c1cnn(-c2cccc(Oc3ccc4c5ccccc5n(-c5cc(C(C)(C)C)ccn5)c4c3)c2)c1. The van der Waals surface area contributed by atoms with Crippen LogP contribution in [0.2, 0.25) is 0 Å². The van der Waals surface area contributed by atoms with Crippen LogP contribution in [-0.4, -0.2) is 19.3 Å². The Kier molecular flexibility index (Phi) is 7.00. The molecule has 0 spiro atoms. The molecule has 0 N–H and O–H groups in total. The van der Waals surface area contributed by atoms with Gasteiger partial charge >= 0.3 is 0 Å². The summed E-state index contributed by atoms with van der Waals surface area (Å²) in [6, 6.07) is 30.7. The Bertz CT molecular complexity index is 2180. The van der Waals surface area contributed by atoms with E-state index in [1.165, 1.54) is 10.9 Å². The summed E-state index contributed by atoms with van der Waals surface area (Å²) in [6.45, 7) is 10.2. The van der Waals surface area contributed by atoms with E-state index in [0.717, 1.165) is 55.9 Å². The highest BCUT2D eigenvalue weighted by Crippen LogP contribution is 2.36. The maximum atomic E-state index is 13.3. The van der Waals surface area contributed by atoms with Crippen LogP contribution in [0.25, 0.3) is 44.4 Å². The molecular formula is C39H35FN4O. The van der Waals surface area contributed by atoms with Gasteiger partial charge in [0.1, 0.15) is 24.0 Å². The number of nitrogens with zero attached hydrogens (tertiary/aromatic N) is 4. The van der Waals surface area contributed by atoms with Crippen molar-refractivity contribution in [1.29, 1.82) is 0 Å². The lowest BCUT2D eigenvalue weighted by Crippen LogP contribution is -2.12. The van der Waals surface area contributed by atoms with Crippen molar-refractivity contribution in [3.63, 3.8) is 0 Å². The van der Waals surface area contributed by atoms with Gasteiger partial charge in [-0.15, -0.1) is 0 Å². The molecule has 5 nitrogen and oxygen atoms in total. The van der Waals surface area contributed by atoms with Gasteiger partial charge in [0.15, 0.2) is 0 Å². The predicted octanol–water partition coefficient (Wildman–Crippen LogP) is 10.2. The van der Waals surface area contributed by atoms with E-state index in [1.807, 2.05) is 79.6 Å². The first-order valence-corrected chi connectivity index (χ1v) is 15.2. The van der Waals surface area contributed by atoms with Crippen LogP contribution in [0.15, 0.2) is 110 Å². The Balaban J connectivity index is 1.24. The van der Waals surface area contributed by atoms with E-state index in [-0.39, 0.29) is 5.41 Å². The number of ether oxygens (including phenoxy) is 1. The summed E-state index contributed by atoms with van der Waals surface area (Å²) in [6.07, 6.45) is 5.75. The normalized spacial score (nSPS) is 11.9. The molecule has 0 bridgehead atoms. The average Bonchev–Trinajstić information content (AvgIpc) is 3.63. The van der Waals surface area contributed by atoms with Crippen molar-refractivity contribution < 1.29 is 9.13 Å². The number of para-hydroxylation sites is 1. The number of benzene rings is 4. The molecule has 0 atom stereocenters. The van der Waals surface area contributed by atoms with E-state index < -0.39 is 6.67 Å². The van der Waals surface area contributed by atoms with E-state index >= 15 is 0 Å². The standard InChI is InChI=1S/C39H35FN4O/c1-25-17-27(22-40)18-26(2)38(25)28-23-42-43(24-28)30-9-8-10-31(20-30)45-32-13-14-34-33-11-6-7-12-35(33)44(36(34)21-32)37-19-29(15-16-41-37)39(3,4)5/h6-21,23-24H,22H2,1-5H3. The molecule has 3 heterocycles. The minimum atomic E-state index is -0.468. The number of hydrogen-bond donors (Lipinski definition) is 0. The van der Waals surface area contributed by atoms with Crippen molar-refractivity contribution in [2.24, 2.45) is 0 Å². The minimum Gasteiger partial charge on any atom is -0.457 e. The number of aromatic nitrogens is 4. The monoisotopic (exact) mass is 594 g/mol. The topological polar surface area (TPSA) is 44.9 Å². The van der Waals surface area contributed by atoms with Gasteiger partial charge in [0.25, 0.3) is 0 Å². The minimum absolute atomic E-state index is 0.00268. The third-order valence-corrected chi connectivity index (χ3v) is 8.42. The smallest absolute Gasteiger partial charge is 0.137 e.